The van der Waals surface area contributed by atoms with Crippen molar-refractivity contribution in [1.29, 1.82) is 0 Å². The Bertz CT molecular complexity index is 865. The summed E-state index contributed by atoms with van der Waals surface area (Å²) in [6, 6.07) is 9.42. The van der Waals surface area contributed by atoms with Gasteiger partial charge >= 0.3 is 6.03 Å². The van der Waals surface area contributed by atoms with Gasteiger partial charge in [0.05, 0.1) is 12.6 Å². The molecule has 1 atom stereocenters. The van der Waals surface area contributed by atoms with Gasteiger partial charge in [0.1, 0.15) is 17.2 Å². The number of urea groups is 1. The molecule has 2 amide bonds. The minimum Gasteiger partial charge on any atom is -0.459 e. The van der Waals surface area contributed by atoms with E-state index in [9.17, 15) is 4.79 Å². The van der Waals surface area contributed by atoms with Crippen LogP contribution in [0.4, 0.5) is 4.79 Å². The largest absolute Gasteiger partial charge is 0.459 e. The van der Waals surface area contributed by atoms with Gasteiger partial charge in [0.2, 0.25) is 0 Å². The summed E-state index contributed by atoms with van der Waals surface area (Å²) in [5.41, 5.74) is 0.826. The summed E-state index contributed by atoms with van der Waals surface area (Å²) in [6.07, 6.45) is 2.65. The van der Waals surface area contributed by atoms with E-state index in [0.29, 0.717) is 6.54 Å². The fourth-order valence-electron chi connectivity index (χ4n) is 3.19. The predicted octanol–water partition coefficient (Wildman–Crippen LogP) is 2.92. The Morgan fingerprint density at radius 1 is 1.40 bits per heavy atom. The third-order valence-corrected chi connectivity index (χ3v) is 4.44. The lowest BCUT2D eigenvalue weighted by atomic mass is 10.1. The highest BCUT2D eigenvalue weighted by Crippen LogP contribution is 2.23. The summed E-state index contributed by atoms with van der Waals surface area (Å²) in [6.45, 7) is 3.24. The molecule has 1 unspecified atom stereocenters. The summed E-state index contributed by atoms with van der Waals surface area (Å²) < 4.78 is 7.62. The van der Waals surface area contributed by atoms with Crippen molar-refractivity contribution in [2.75, 3.05) is 0 Å². The Hall–Kier alpha value is -2.83. The molecular formula is C18H21N5O2. The molecule has 1 aliphatic heterocycles. The van der Waals surface area contributed by atoms with Crippen molar-refractivity contribution in [2.45, 2.75) is 45.3 Å². The second-order valence-electron chi connectivity index (χ2n) is 6.24. The number of carbonyl (C=O) groups is 1. The number of aryl methyl sites for hydroxylation is 2. The smallest absolute Gasteiger partial charge is 0.315 e. The van der Waals surface area contributed by atoms with Crippen molar-refractivity contribution < 1.29 is 9.21 Å². The molecule has 0 fully saturated rings. The Kier molecular flexibility index (Phi) is 4.13. The van der Waals surface area contributed by atoms with E-state index in [4.69, 9.17) is 4.42 Å². The van der Waals surface area contributed by atoms with Crippen LogP contribution in [0.3, 0.4) is 0 Å². The number of benzene rings is 1. The first-order valence-corrected chi connectivity index (χ1v) is 8.68. The van der Waals surface area contributed by atoms with Crippen LogP contribution in [0, 0.1) is 0 Å². The van der Waals surface area contributed by atoms with E-state index in [2.05, 4.69) is 20.7 Å². The van der Waals surface area contributed by atoms with Gasteiger partial charge in [-0.1, -0.05) is 25.1 Å². The number of hydrogen-bond donors (Lipinski definition) is 2. The number of aromatic nitrogens is 3. The SMILES string of the molecule is CCc1nc2n(n1)CCCC2NC(=O)NCc1cc2ccccc2o1. The number of carbonyl (C=O) groups excluding carboxylic acids is 1. The van der Waals surface area contributed by atoms with Crippen molar-refractivity contribution in [3.05, 3.63) is 47.7 Å². The first kappa shape index (κ1) is 15.7. The average Bonchev–Trinajstić information content (AvgIpc) is 3.23. The highest BCUT2D eigenvalue weighted by atomic mass is 16.3. The van der Waals surface area contributed by atoms with Crippen LogP contribution in [0.5, 0.6) is 0 Å². The topological polar surface area (TPSA) is 85.0 Å². The zero-order chi connectivity index (χ0) is 17.2. The minimum atomic E-state index is -0.222. The quantitative estimate of drug-likeness (QED) is 0.765. The van der Waals surface area contributed by atoms with Crippen molar-refractivity contribution in [1.82, 2.24) is 25.4 Å². The first-order chi connectivity index (χ1) is 12.2. The molecule has 0 saturated heterocycles. The minimum absolute atomic E-state index is 0.0998. The molecule has 25 heavy (non-hydrogen) atoms. The molecule has 1 aromatic carbocycles. The van der Waals surface area contributed by atoms with Gasteiger partial charge in [0.25, 0.3) is 0 Å². The molecule has 7 nitrogen and oxygen atoms in total. The molecule has 2 N–H and O–H groups in total. The van der Waals surface area contributed by atoms with Crippen LogP contribution in [0.1, 0.15) is 43.2 Å². The monoisotopic (exact) mass is 339 g/mol. The molecule has 2 aromatic heterocycles. The molecular weight excluding hydrogens is 318 g/mol. The number of nitrogens with one attached hydrogen (secondary N) is 2. The second-order valence-corrected chi connectivity index (χ2v) is 6.24. The standard InChI is InChI=1S/C18H21N5O2/c1-2-16-21-17-14(7-5-9-23(17)22-16)20-18(24)19-11-13-10-12-6-3-4-8-15(12)25-13/h3-4,6,8,10,14H,2,5,7,9,11H2,1H3,(H2,19,20,24). The summed E-state index contributed by atoms with van der Waals surface area (Å²) in [4.78, 5) is 16.8. The summed E-state index contributed by atoms with van der Waals surface area (Å²) >= 11 is 0. The van der Waals surface area contributed by atoms with Gasteiger partial charge in [0.15, 0.2) is 5.82 Å². The van der Waals surface area contributed by atoms with Crippen molar-refractivity contribution in [2.24, 2.45) is 0 Å². The number of fused-ring (bicyclic) bond motifs is 2. The van der Waals surface area contributed by atoms with Crippen LogP contribution < -0.4 is 10.6 Å². The Balaban J connectivity index is 1.38. The maximum Gasteiger partial charge on any atom is 0.315 e. The van der Waals surface area contributed by atoms with Crippen LogP contribution in [0.2, 0.25) is 0 Å². The normalized spacial score (nSPS) is 16.6. The van der Waals surface area contributed by atoms with Gasteiger partial charge in [-0.15, -0.1) is 0 Å². The zero-order valence-electron chi connectivity index (χ0n) is 14.2. The molecule has 1 aliphatic rings. The number of hydrogen-bond acceptors (Lipinski definition) is 4. The fourth-order valence-corrected chi connectivity index (χ4v) is 3.19. The molecule has 3 aromatic rings. The van der Waals surface area contributed by atoms with Crippen LogP contribution >= 0.6 is 0 Å². The number of amides is 2. The van der Waals surface area contributed by atoms with Crippen LogP contribution in [0.25, 0.3) is 11.0 Å². The van der Waals surface area contributed by atoms with E-state index in [1.165, 1.54) is 0 Å². The Morgan fingerprint density at radius 2 is 2.28 bits per heavy atom. The number of para-hydroxylation sites is 1. The maximum absolute atomic E-state index is 12.3. The maximum atomic E-state index is 12.3. The van der Waals surface area contributed by atoms with E-state index in [1.54, 1.807) is 0 Å². The number of furan rings is 1. The summed E-state index contributed by atoms with van der Waals surface area (Å²) in [5, 5.41) is 11.4. The fraction of sp³-hybridized carbons (Fsp3) is 0.389. The van der Waals surface area contributed by atoms with E-state index >= 15 is 0 Å². The molecule has 0 radical (unpaired) electrons. The van der Waals surface area contributed by atoms with E-state index in [-0.39, 0.29) is 12.1 Å². The molecule has 3 heterocycles. The van der Waals surface area contributed by atoms with E-state index in [1.807, 2.05) is 41.9 Å². The van der Waals surface area contributed by atoms with Crippen molar-refractivity contribution in [3.8, 4) is 0 Å². The molecule has 130 valence electrons. The Labute approximate surface area is 145 Å². The molecule has 0 spiro atoms. The molecule has 4 rings (SSSR count). The number of nitrogens with zero attached hydrogens (tertiary/aromatic N) is 3. The van der Waals surface area contributed by atoms with Crippen LogP contribution in [-0.4, -0.2) is 20.8 Å². The molecule has 0 aliphatic carbocycles. The van der Waals surface area contributed by atoms with Crippen LogP contribution in [0.15, 0.2) is 34.7 Å². The lowest BCUT2D eigenvalue weighted by Gasteiger charge is -2.23. The van der Waals surface area contributed by atoms with Crippen molar-refractivity contribution >= 4 is 17.0 Å². The van der Waals surface area contributed by atoms with Gasteiger partial charge in [0, 0.05) is 18.4 Å². The molecule has 0 bridgehead atoms. The third-order valence-electron chi connectivity index (χ3n) is 4.44. The van der Waals surface area contributed by atoms with Crippen molar-refractivity contribution in [3.63, 3.8) is 0 Å². The molecule has 7 heteroatoms. The van der Waals surface area contributed by atoms with E-state index in [0.717, 1.165) is 54.2 Å². The molecule has 0 saturated carbocycles. The highest BCUT2D eigenvalue weighted by molar-refractivity contribution is 5.78. The summed E-state index contributed by atoms with van der Waals surface area (Å²) in [5.74, 6) is 2.41. The average molecular weight is 339 g/mol. The predicted molar refractivity (Wildman–Crippen MR) is 93.0 cm³/mol. The van der Waals surface area contributed by atoms with Gasteiger partial charge in [-0.3, -0.25) is 0 Å². The first-order valence-electron chi connectivity index (χ1n) is 8.68. The zero-order valence-corrected chi connectivity index (χ0v) is 14.2. The summed E-state index contributed by atoms with van der Waals surface area (Å²) in [7, 11) is 0. The van der Waals surface area contributed by atoms with Gasteiger partial charge in [-0.25, -0.2) is 14.5 Å². The lowest BCUT2D eigenvalue weighted by Crippen LogP contribution is -2.39. The second kappa shape index (κ2) is 6.58. The lowest BCUT2D eigenvalue weighted by molar-refractivity contribution is 0.231. The Morgan fingerprint density at radius 3 is 3.12 bits per heavy atom. The third kappa shape index (κ3) is 3.22. The highest BCUT2D eigenvalue weighted by Gasteiger charge is 2.25. The van der Waals surface area contributed by atoms with Gasteiger partial charge in [-0.05, 0) is 25.0 Å². The van der Waals surface area contributed by atoms with Crippen LogP contribution in [-0.2, 0) is 19.5 Å². The van der Waals surface area contributed by atoms with Gasteiger partial charge in [-0.2, -0.15) is 5.10 Å². The van der Waals surface area contributed by atoms with E-state index < -0.39 is 0 Å². The number of rotatable bonds is 4. The van der Waals surface area contributed by atoms with Gasteiger partial charge < -0.3 is 15.1 Å².